The van der Waals surface area contributed by atoms with E-state index in [4.69, 9.17) is 5.11 Å². The summed E-state index contributed by atoms with van der Waals surface area (Å²) in [6.07, 6.45) is 9.44. The highest BCUT2D eigenvalue weighted by atomic mass is 16.3. The van der Waals surface area contributed by atoms with E-state index in [1.165, 1.54) is 5.57 Å². The van der Waals surface area contributed by atoms with Crippen molar-refractivity contribution in [2.75, 3.05) is 6.61 Å². The molecule has 5 heteroatoms. The average molecular weight is 290 g/mol. The number of hydrogen-bond donors (Lipinski definition) is 2. The highest BCUT2D eigenvalue weighted by Gasteiger charge is 2.20. The van der Waals surface area contributed by atoms with E-state index in [1.54, 1.807) is 17.7 Å². The van der Waals surface area contributed by atoms with Gasteiger partial charge in [-0.3, -0.25) is 9.78 Å². The summed E-state index contributed by atoms with van der Waals surface area (Å²) in [5.41, 5.74) is 1.16. The predicted octanol–water partition coefficient (Wildman–Crippen LogP) is 1.37. The Labute approximate surface area is 123 Å². The van der Waals surface area contributed by atoms with Gasteiger partial charge < -0.3 is 9.67 Å². The van der Waals surface area contributed by atoms with Crippen molar-refractivity contribution in [3.63, 3.8) is 0 Å². The third-order valence-electron chi connectivity index (χ3n) is 4.06. The van der Waals surface area contributed by atoms with Gasteiger partial charge in [0, 0.05) is 30.8 Å². The fourth-order valence-corrected chi connectivity index (χ4v) is 2.75. The Morgan fingerprint density at radius 2 is 2.19 bits per heavy atom. The maximum Gasteiger partial charge on any atom is 0.328 e. The van der Waals surface area contributed by atoms with E-state index in [9.17, 15) is 9.59 Å². The van der Waals surface area contributed by atoms with Crippen LogP contribution in [0.4, 0.5) is 0 Å². The minimum atomic E-state index is -0.360. The van der Waals surface area contributed by atoms with Crippen LogP contribution < -0.4 is 11.2 Å². The molecule has 114 valence electrons. The number of H-pyrrole nitrogens is 1. The standard InChI is InChI=1S/C16H22N2O3/c1-11(7-9-19)14-5-3-4-13(14)6-8-18-10-12(2)15(20)17-16(18)21/h3-5,10-11,13,19H,6-9H2,1-2H3,(H,17,20,21)/t11-,13?/m0/s1. The quantitative estimate of drug-likeness (QED) is 0.831. The Morgan fingerprint density at radius 1 is 1.43 bits per heavy atom. The maximum atomic E-state index is 11.8. The predicted molar refractivity (Wildman–Crippen MR) is 82.3 cm³/mol. The monoisotopic (exact) mass is 290 g/mol. The molecular formula is C16H22N2O3. The highest BCUT2D eigenvalue weighted by Crippen LogP contribution is 2.30. The summed E-state index contributed by atoms with van der Waals surface area (Å²) in [4.78, 5) is 25.4. The number of allylic oxidation sites excluding steroid dienone is 4. The molecule has 21 heavy (non-hydrogen) atoms. The van der Waals surface area contributed by atoms with Gasteiger partial charge in [-0.1, -0.05) is 30.7 Å². The third-order valence-corrected chi connectivity index (χ3v) is 4.06. The number of nitrogens with one attached hydrogen (secondary N) is 1. The van der Waals surface area contributed by atoms with Crippen LogP contribution in [0.2, 0.25) is 0 Å². The summed E-state index contributed by atoms with van der Waals surface area (Å²) in [5, 5.41) is 9.06. The second-order valence-electron chi connectivity index (χ2n) is 5.62. The number of hydrogen-bond acceptors (Lipinski definition) is 3. The van der Waals surface area contributed by atoms with Crippen LogP contribution in [0, 0.1) is 18.8 Å². The van der Waals surface area contributed by atoms with Crippen molar-refractivity contribution in [3.05, 3.63) is 56.4 Å². The van der Waals surface area contributed by atoms with E-state index in [0.29, 0.717) is 23.9 Å². The lowest BCUT2D eigenvalue weighted by Crippen LogP contribution is -2.31. The summed E-state index contributed by atoms with van der Waals surface area (Å²) >= 11 is 0. The number of aromatic nitrogens is 2. The first-order valence-corrected chi connectivity index (χ1v) is 7.32. The van der Waals surface area contributed by atoms with E-state index >= 15 is 0 Å². The van der Waals surface area contributed by atoms with E-state index < -0.39 is 0 Å². The zero-order valence-electron chi connectivity index (χ0n) is 12.5. The van der Waals surface area contributed by atoms with Crippen LogP contribution >= 0.6 is 0 Å². The Hall–Kier alpha value is -1.88. The molecule has 0 fully saturated rings. The Balaban J connectivity index is 2.05. The van der Waals surface area contributed by atoms with E-state index in [0.717, 1.165) is 12.8 Å². The van der Waals surface area contributed by atoms with Crippen LogP contribution in [0.25, 0.3) is 0 Å². The smallest absolute Gasteiger partial charge is 0.328 e. The van der Waals surface area contributed by atoms with Crippen LogP contribution in [-0.4, -0.2) is 21.3 Å². The minimum absolute atomic E-state index is 0.184. The van der Waals surface area contributed by atoms with Gasteiger partial charge in [-0.15, -0.1) is 0 Å². The summed E-state index contributed by atoms with van der Waals surface area (Å²) in [7, 11) is 0. The summed E-state index contributed by atoms with van der Waals surface area (Å²) in [5.74, 6) is 0.634. The Morgan fingerprint density at radius 3 is 2.90 bits per heavy atom. The van der Waals surface area contributed by atoms with Gasteiger partial charge in [0.2, 0.25) is 0 Å². The zero-order chi connectivity index (χ0) is 15.4. The van der Waals surface area contributed by atoms with E-state index in [-0.39, 0.29) is 17.9 Å². The number of rotatable bonds is 6. The molecule has 1 heterocycles. The van der Waals surface area contributed by atoms with Crippen LogP contribution in [0.5, 0.6) is 0 Å². The number of aliphatic hydroxyl groups excluding tert-OH is 1. The third kappa shape index (κ3) is 3.61. The first-order chi connectivity index (χ1) is 10.0. The molecule has 1 aliphatic carbocycles. The lowest BCUT2D eigenvalue weighted by atomic mass is 9.87. The van der Waals surface area contributed by atoms with Gasteiger partial charge in [-0.2, -0.15) is 0 Å². The maximum absolute atomic E-state index is 11.8. The number of aromatic amines is 1. The molecule has 0 saturated heterocycles. The first-order valence-electron chi connectivity index (χ1n) is 7.32. The molecule has 0 bridgehead atoms. The van der Waals surface area contributed by atoms with Gasteiger partial charge in [0.25, 0.3) is 5.56 Å². The lowest BCUT2D eigenvalue weighted by molar-refractivity contribution is 0.268. The van der Waals surface area contributed by atoms with Gasteiger partial charge in [0.15, 0.2) is 0 Å². The fourth-order valence-electron chi connectivity index (χ4n) is 2.75. The zero-order valence-corrected chi connectivity index (χ0v) is 12.5. The van der Waals surface area contributed by atoms with Crippen molar-refractivity contribution in [3.8, 4) is 0 Å². The summed E-state index contributed by atoms with van der Waals surface area (Å²) in [6.45, 7) is 4.55. The van der Waals surface area contributed by atoms with Crippen molar-refractivity contribution in [1.82, 2.24) is 9.55 Å². The Kier molecular flexibility index (Phi) is 4.96. The lowest BCUT2D eigenvalue weighted by Gasteiger charge is -2.20. The largest absolute Gasteiger partial charge is 0.396 e. The molecule has 1 aliphatic rings. The number of nitrogens with zero attached hydrogens (tertiary/aromatic N) is 1. The molecule has 1 aromatic rings. The minimum Gasteiger partial charge on any atom is -0.396 e. The molecule has 1 aromatic heterocycles. The van der Waals surface area contributed by atoms with Crippen molar-refractivity contribution >= 4 is 0 Å². The number of aryl methyl sites for hydroxylation is 2. The fraction of sp³-hybridized carbons (Fsp3) is 0.500. The first kappa shape index (κ1) is 15.5. The Bertz CT molecular complexity index is 667. The molecule has 0 amide bonds. The van der Waals surface area contributed by atoms with Gasteiger partial charge >= 0.3 is 5.69 Å². The van der Waals surface area contributed by atoms with Crippen molar-refractivity contribution < 1.29 is 5.11 Å². The molecule has 5 nitrogen and oxygen atoms in total. The van der Waals surface area contributed by atoms with Crippen molar-refractivity contribution in [2.24, 2.45) is 11.8 Å². The second-order valence-corrected chi connectivity index (χ2v) is 5.62. The van der Waals surface area contributed by atoms with E-state index in [1.807, 2.05) is 6.08 Å². The molecule has 2 N–H and O–H groups in total. The van der Waals surface area contributed by atoms with Crippen LogP contribution in [0.1, 0.15) is 25.3 Å². The van der Waals surface area contributed by atoms with Gasteiger partial charge in [0.1, 0.15) is 0 Å². The highest BCUT2D eigenvalue weighted by molar-refractivity contribution is 5.28. The van der Waals surface area contributed by atoms with Crippen LogP contribution in [-0.2, 0) is 6.54 Å². The number of aliphatic hydroxyl groups is 1. The van der Waals surface area contributed by atoms with Crippen LogP contribution in [0.3, 0.4) is 0 Å². The summed E-state index contributed by atoms with van der Waals surface area (Å²) in [6, 6.07) is 0. The van der Waals surface area contributed by atoms with Gasteiger partial charge in [-0.05, 0) is 25.7 Å². The molecule has 0 saturated carbocycles. The second kappa shape index (κ2) is 6.72. The molecular weight excluding hydrogens is 268 g/mol. The molecule has 2 atom stereocenters. The van der Waals surface area contributed by atoms with Crippen molar-refractivity contribution in [2.45, 2.75) is 33.2 Å². The molecule has 0 aromatic carbocycles. The molecule has 1 unspecified atom stereocenters. The van der Waals surface area contributed by atoms with Crippen LogP contribution in [0.15, 0.2) is 39.6 Å². The molecule has 0 aliphatic heterocycles. The average Bonchev–Trinajstić information content (AvgIpc) is 2.90. The normalized spacial score (nSPS) is 18.8. The van der Waals surface area contributed by atoms with Gasteiger partial charge in [-0.25, -0.2) is 4.79 Å². The SMILES string of the molecule is Cc1cn(CCC2C=CC=C2[C@@H](C)CCO)c(=O)[nH]c1=O. The molecule has 0 spiro atoms. The van der Waals surface area contributed by atoms with E-state index in [2.05, 4.69) is 24.1 Å². The molecule has 2 rings (SSSR count). The van der Waals surface area contributed by atoms with Gasteiger partial charge in [0.05, 0.1) is 0 Å². The van der Waals surface area contributed by atoms with Crippen molar-refractivity contribution in [1.29, 1.82) is 0 Å². The topological polar surface area (TPSA) is 75.1 Å². The molecule has 0 radical (unpaired) electrons. The summed E-state index contributed by atoms with van der Waals surface area (Å²) < 4.78 is 1.55.